The Hall–Kier alpha value is -1.80. The molecule has 0 aromatic heterocycles. The van der Waals surface area contributed by atoms with Gasteiger partial charge in [0.1, 0.15) is 6.10 Å². The van der Waals surface area contributed by atoms with Crippen LogP contribution in [-0.2, 0) is 14.3 Å². The number of ketones is 1. The second kappa shape index (κ2) is 6.86. The summed E-state index contributed by atoms with van der Waals surface area (Å²) in [5.41, 5.74) is -4.55. The van der Waals surface area contributed by atoms with Crippen molar-refractivity contribution in [2.45, 2.75) is 71.4 Å². The van der Waals surface area contributed by atoms with Gasteiger partial charge < -0.3 is 25.2 Å². The molecule has 2 bridgehead atoms. The number of ether oxygens (including phenoxy) is 1. The Morgan fingerprint density at radius 1 is 1.31 bits per heavy atom. The molecule has 8 atom stereocenters. The van der Waals surface area contributed by atoms with Gasteiger partial charge in [-0.05, 0) is 44.3 Å². The first kappa shape index (κ1) is 23.4. The maximum absolute atomic E-state index is 14.2. The summed E-state index contributed by atoms with van der Waals surface area (Å²) in [6.07, 6.45) is 2.08. The van der Waals surface area contributed by atoms with Crippen molar-refractivity contribution in [3.8, 4) is 0 Å². The van der Waals surface area contributed by atoms with E-state index < -0.39 is 64.6 Å². The van der Waals surface area contributed by atoms with Crippen molar-refractivity contribution in [1.29, 1.82) is 0 Å². The molecule has 0 aromatic rings. The van der Waals surface area contributed by atoms with Gasteiger partial charge in [0.2, 0.25) is 0 Å². The number of fused-ring (bicyclic) bond motifs is 3. The van der Waals surface area contributed by atoms with Crippen LogP contribution in [-0.4, -0.2) is 62.2 Å². The normalized spacial score (nSPS) is 46.9. The Morgan fingerprint density at radius 2 is 1.94 bits per heavy atom. The van der Waals surface area contributed by atoms with Crippen LogP contribution in [0.25, 0.3) is 0 Å². The van der Waals surface area contributed by atoms with Crippen LogP contribution in [0.5, 0.6) is 0 Å². The van der Waals surface area contributed by atoms with Crippen molar-refractivity contribution >= 4 is 11.8 Å². The van der Waals surface area contributed by atoms with Crippen molar-refractivity contribution in [1.82, 2.24) is 0 Å². The van der Waals surface area contributed by atoms with Gasteiger partial charge in [0, 0.05) is 22.8 Å². The van der Waals surface area contributed by atoms with Crippen molar-refractivity contribution in [2.75, 3.05) is 6.61 Å². The SMILES string of the molecule is C/C=C(/C)C(=O)O[C@H]1C(C)=C[C@]23C(=O)[C@@H](C=C(CO)[C@@H](O)[C@]12O)[C@@H]1C(C)(C)[C@]1(O)C[C@H]3C. The first-order valence-corrected chi connectivity index (χ1v) is 11.3. The Balaban J connectivity index is 1.94. The van der Waals surface area contributed by atoms with E-state index in [-0.39, 0.29) is 17.8 Å². The lowest BCUT2D eigenvalue weighted by Crippen LogP contribution is -2.66. The fraction of sp³-hybridized carbons (Fsp3) is 0.680. The fourth-order valence-electron chi connectivity index (χ4n) is 7.01. The van der Waals surface area contributed by atoms with Crippen LogP contribution >= 0.6 is 0 Å². The van der Waals surface area contributed by atoms with Crippen molar-refractivity contribution in [3.63, 3.8) is 0 Å². The first-order chi connectivity index (χ1) is 14.8. The van der Waals surface area contributed by atoms with E-state index in [0.717, 1.165) is 0 Å². The molecule has 4 aliphatic rings. The summed E-state index contributed by atoms with van der Waals surface area (Å²) in [6, 6.07) is 0. The predicted molar refractivity (Wildman–Crippen MR) is 116 cm³/mol. The molecule has 0 radical (unpaired) electrons. The Bertz CT molecular complexity index is 975. The maximum atomic E-state index is 14.2. The minimum Gasteiger partial charge on any atom is -0.451 e. The number of hydrogen-bond acceptors (Lipinski definition) is 7. The van der Waals surface area contributed by atoms with Crippen LogP contribution in [0.1, 0.15) is 48.0 Å². The van der Waals surface area contributed by atoms with Gasteiger partial charge in [0.15, 0.2) is 17.5 Å². The van der Waals surface area contributed by atoms with Gasteiger partial charge in [0.05, 0.1) is 17.6 Å². The zero-order valence-electron chi connectivity index (χ0n) is 19.5. The lowest BCUT2D eigenvalue weighted by Gasteiger charge is -2.49. The highest BCUT2D eigenvalue weighted by Crippen LogP contribution is 2.73. The summed E-state index contributed by atoms with van der Waals surface area (Å²) >= 11 is 0. The number of allylic oxidation sites excluding steroid dienone is 2. The van der Waals surface area contributed by atoms with E-state index in [2.05, 4.69) is 0 Å². The van der Waals surface area contributed by atoms with E-state index in [0.29, 0.717) is 11.1 Å². The van der Waals surface area contributed by atoms with Gasteiger partial charge in [-0.1, -0.05) is 39.0 Å². The highest BCUT2D eigenvalue weighted by atomic mass is 16.6. The van der Waals surface area contributed by atoms with Gasteiger partial charge in [-0.3, -0.25) is 4.79 Å². The summed E-state index contributed by atoms with van der Waals surface area (Å²) in [5, 5.41) is 45.2. The third kappa shape index (κ3) is 2.45. The molecule has 7 nitrogen and oxygen atoms in total. The number of Topliss-reactive ketones (excluding diaryl/α,β-unsaturated/α-hetero) is 1. The average molecular weight is 447 g/mol. The minimum atomic E-state index is -2.21. The third-order valence-electron chi connectivity index (χ3n) is 9.04. The zero-order valence-corrected chi connectivity index (χ0v) is 19.5. The lowest BCUT2D eigenvalue weighted by molar-refractivity contribution is -0.202. The van der Waals surface area contributed by atoms with Crippen LogP contribution < -0.4 is 0 Å². The number of rotatable bonds is 3. The van der Waals surface area contributed by atoms with Gasteiger partial charge >= 0.3 is 5.97 Å². The summed E-state index contributed by atoms with van der Waals surface area (Å²) < 4.78 is 5.69. The Kier molecular flexibility index (Phi) is 5.00. The molecule has 0 aliphatic heterocycles. The first-order valence-electron chi connectivity index (χ1n) is 11.3. The van der Waals surface area contributed by atoms with E-state index in [1.165, 1.54) is 6.08 Å². The maximum Gasteiger partial charge on any atom is 0.334 e. The molecule has 4 aliphatic carbocycles. The number of aliphatic hydroxyl groups excluding tert-OH is 2. The Morgan fingerprint density at radius 3 is 2.50 bits per heavy atom. The quantitative estimate of drug-likeness (QED) is 0.294. The number of esters is 1. The molecule has 1 spiro atoms. The molecule has 7 heteroatoms. The molecule has 2 fully saturated rings. The van der Waals surface area contributed by atoms with Gasteiger partial charge in [0.25, 0.3) is 0 Å². The van der Waals surface area contributed by atoms with Crippen molar-refractivity contribution in [2.24, 2.45) is 28.6 Å². The van der Waals surface area contributed by atoms with E-state index in [4.69, 9.17) is 4.74 Å². The summed E-state index contributed by atoms with van der Waals surface area (Å²) in [6.45, 7) is 9.98. The molecule has 176 valence electrons. The summed E-state index contributed by atoms with van der Waals surface area (Å²) in [5.74, 6) is -2.72. The molecule has 4 rings (SSSR count). The van der Waals surface area contributed by atoms with E-state index in [9.17, 15) is 30.0 Å². The summed E-state index contributed by atoms with van der Waals surface area (Å²) in [4.78, 5) is 26.8. The number of hydrogen-bond donors (Lipinski definition) is 4. The molecule has 0 saturated heterocycles. The average Bonchev–Trinajstić information content (AvgIpc) is 3.10. The zero-order chi connectivity index (χ0) is 24.0. The smallest absolute Gasteiger partial charge is 0.334 e. The van der Waals surface area contributed by atoms with Crippen LogP contribution in [0.15, 0.2) is 34.9 Å². The highest BCUT2D eigenvalue weighted by Gasteiger charge is 2.81. The molecular weight excluding hydrogens is 412 g/mol. The highest BCUT2D eigenvalue weighted by molar-refractivity contribution is 5.96. The second-order valence-corrected chi connectivity index (χ2v) is 10.8. The third-order valence-corrected chi connectivity index (χ3v) is 9.04. The number of carbonyl (C=O) groups excluding carboxylic acids is 2. The van der Waals surface area contributed by atoms with Crippen molar-refractivity contribution in [3.05, 3.63) is 34.9 Å². The standard InChI is InChI=1S/C25H34O7/c1-7-12(2)21(29)32-20-13(3)9-23-14(4)10-24(30)17(22(24,5)6)16(19(23)28)8-15(11-26)18(27)25(20,23)31/h7-9,14,16-18,20,26-27,30-31H,10-11H2,1-6H3/b12-7-/t14-,16+,17-,18-,20+,23+,24+,25+/m1/s1. The number of aliphatic hydroxyl groups is 4. The van der Waals surface area contributed by atoms with Crippen LogP contribution in [0.3, 0.4) is 0 Å². The minimum absolute atomic E-state index is 0.0961. The largest absolute Gasteiger partial charge is 0.451 e. The molecule has 0 unspecified atom stereocenters. The van der Waals surface area contributed by atoms with Crippen LogP contribution in [0.2, 0.25) is 0 Å². The topological polar surface area (TPSA) is 124 Å². The number of carbonyl (C=O) groups is 2. The molecule has 2 saturated carbocycles. The van der Waals surface area contributed by atoms with Crippen molar-refractivity contribution < 1.29 is 34.8 Å². The molecule has 0 aromatic carbocycles. The molecule has 0 heterocycles. The molecule has 4 N–H and O–H groups in total. The molecular formula is C25H34O7. The second-order valence-electron chi connectivity index (χ2n) is 10.8. The van der Waals surface area contributed by atoms with Crippen LogP contribution in [0, 0.1) is 28.6 Å². The van der Waals surface area contributed by atoms with Crippen LogP contribution in [0.4, 0.5) is 0 Å². The molecule has 32 heavy (non-hydrogen) atoms. The summed E-state index contributed by atoms with van der Waals surface area (Å²) in [7, 11) is 0. The fourth-order valence-corrected chi connectivity index (χ4v) is 7.01. The lowest BCUT2D eigenvalue weighted by atomic mass is 9.59. The monoisotopic (exact) mass is 446 g/mol. The van der Waals surface area contributed by atoms with E-state index >= 15 is 0 Å². The Labute approximate surface area is 188 Å². The van der Waals surface area contributed by atoms with E-state index in [1.54, 1.807) is 39.8 Å². The van der Waals surface area contributed by atoms with E-state index in [1.807, 2.05) is 13.8 Å². The predicted octanol–water partition coefficient (Wildman–Crippen LogP) is 1.45. The molecule has 0 amide bonds. The van der Waals surface area contributed by atoms with Gasteiger partial charge in [-0.2, -0.15) is 0 Å². The van der Waals surface area contributed by atoms with Gasteiger partial charge in [-0.15, -0.1) is 0 Å². The van der Waals surface area contributed by atoms with Gasteiger partial charge in [-0.25, -0.2) is 4.79 Å².